The molecule has 0 bridgehead atoms. The average Bonchev–Trinajstić information content (AvgIpc) is 3.47. The Labute approximate surface area is 165 Å². The summed E-state index contributed by atoms with van der Waals surface area (Å²) in [4.78, 5) is 28.4. The van der Waals surface area contributed by atoms with E-state index < -0.39 is 11.8 Å². The fourth-order valence-electron chi connectivity index (χ4n) is 4.38. The third kappa shape index (κ3) is 3.32. The zero-order valence-electron chi connectivity index (χ0n) is 16.5. The molecule has 4 rings (SSSR count). The van der Waals surface area contributed by atoms with E-state index in [1.807, 2.05) is 0 Å². The molecule has 2 amide bonds. The molecule has 2 saturated carbocycles. The van der Waals surface area contributed by atoms with Crippen LogP contribution < -0.4 is 14.8 Å². The second-order valence-corrected chi connectivity index (χ2v) is 7.83. The topological polar surface area (TPSA) is 77.1 Å². The molecule has 1 spiro atoms. The van der Waals surface area contributed by atoms with Crippen molar-refractivity contribution in [3.05, 3.63) is 23.8 Å². The van der Waals surface area contributed by atoms with Gasteiger partial charge in [0.25, 0.3) is 5.91 Å². The van der Waals surface area contributed by atoms with Gasteiger partial charge in [0.2, 0.25) is 5.91 Å². The number of hydrogen-bond acceptors (Lipinski definition) is 5. The van der Waals surface area contributed by atoms with Crippen molar-refractivity contribution < 1.29 is 23.8 Å². The van der Waals surface area contributed by atoms with Crippen LogP contribution in [0.1, 0.15) is 55.3 Å². The molecule has 1 saturated heterocycles. The first-order valence-corrected chi connectivity index (χ1v) is 10.1. The Morgan fingerprint density at radius 3 is 2.32 bits per heavy atom. The zero-order chi connectivity index (χ0) is 19.7. The van der Waals surface area contributed by atoms with Gasteiger partial charge in [0.05, 0.1) is 20.8 Å². The molecule has 3 aliphatic rings. The lowest BCUT2D eigenvalue weighted by molar-refractivity contribution is -0.127. The second-order valence-electron chi connectivity index (χ2n) is 7.83. The van der Waals surface area contributed by atoms with E-state index in [2.05, 4.69) is 5.32 Å². The molecule has 7 heteroatoms. The predicted molar refractivity (Wildman–Crippen MR) is 102 cm³/mol. The largest absolute Gasteiger partial charge is 0.496 e. The van der Waals surface area contributed by atoms with E-state index in [1.54, 1.807) is 23.1 Å². The molecule has 1 heterocycles. The summed E-state index contributed by atoms with van der Waals surface area (Å²) in [5.41, 5.74) is -0.389. The molecule has 3 fully saturated rings. The molecule has 152 valence electrons. The van der Waals surface area contributed by atoms with E-state index in [1.165, 1.54) is 14.2 Å². The molecular weight excluding hydrogens is 360 g/mol. The fourth-order valence-corrected chi connectivity index (χ4v) is 4.38. The highest BCUT2D eigenvalue weighted by atomic mass is 16.5. The number of amides is 2. The van der Waals surface area contributed by atoms with E-state index in [9.17, 15) is 9.59 Å². The normalized spacial score (nSPS) is 23.5. The lowest BCUT2D eigenvalue weighted by Gasteiger charge is -2.41. The van der Waals surface area contributed by atoms with Crippen LogP contribution in [0.2, 0.25) is 0 Å². The molecular formula is C21H28N2O5. The summed E-state index contributed by atoms with van der Waals surface area (Å²) < 4.78 is 17.1. The molecule has 1 N–H and O–H groups in total. The minimum atomic E-state index is -0.729. The van der Waals surface area contributed by atoms with Crippen molar-refractivity contribution in [3.8, 4) is 11.5 Å². The first kappa shape index (κ1) is 19.1. The van der Waals surface area contributed by atoms with Crippen LogP contribution in [0.25, 0.3) is 0 Å². The minimum absolute atomic E-state index is 0.132. The van der Waals surface area contributed by atoms with Gasteiger partial charge >= 0.3 is 0 Å². The second kappa shape index (κ2) is 7.62. The van der Waals surface area contributed by atoms with Gasteiger partial charge in [0.1, 0.15) is 28.8 Å². The Hall–Kier alpha value is -2.28. The minimum Gasteiger partial charge on any atom is -0.496 e. The molecule has 0 unspecified atom stereocenters. The molecule has 0 aromatic heterocycles. The first-order chi connectivity index (χ1) is 13.6. The van der Waals surface area contributed by atoms with Gasteiger partial charge in [-0.05, 0) is 50.7 Å². The van der Waals surface area contributed by atoms with Crippen LogP contribution in [0.5, 0.6) is 11.5 Å². The molecule has 2 aliphatic carbocycles. The van der Waals surface area contributed by atoms with E-state index >= 15 is 0 Å². The summed E-state index contributed by atoms with van der Waals surface area (Å²) in [6.45, 7) is 0.224. The van der Waals surface area contributed by atoms with Crippen molar-refractivity contribution in [1.29, 1.82) is 0 Å². The van der Waals surface area contributed by atoms with Gasteiger partial charge in [-0.1, -0.05) is 12.5 Å². The van der Waals surface area contributed by atoms with Crippen molar-refractivity contribution in [2.45, 2.75) is 62.8 Å². The molecule has 7 nitrogen and oxygen atoms in total. The Balaban J connectivity index is 1.73. The highest BCUT2D eigenvalue weighted by Crippen LogP contribution is 2.43. The van der Waals surface area contributed by atoms with Crippen molar-refractivity contribution >= 4 is 11.8 Å². The lowest BCUT2D eigenvalue weighted by atomic mass is 9.89. The highest BCUT2D eigenvalue weighted by Gasteiger charge is 2.54. The maximum atomic E-state index is 13.8. The Morgan fingerprint density at radius 1 is 1.11 bits per heavy atom. The van der Waals surface area contributed by atoms with Crippen molar-refractivity contribution in [2.75, 3.05) is 20.8 Å². The van der Waals surface area contributed by atoms with Gasteiger partial charge in [-0.3, -0.25) is 14.5 Å². The smallest absolute Gasteiger partial charge is 0.264 e. The molecule has 0 radical (unpaired) electrons. The summed E-state index contributed by atoms with van der Waals surface area (Å²) in [5, 5.41) is 3.04. The zero-order valence-corrected chi connectivity index (χ0v) is 16.5. The summed E-state index contributed by atoms with van der Waals surface area (Å²) in [5.74, 6) is 0.462. The standard InChI is InChI=1S/C21H28N2O5/c1-26-16-7-6-8-17(27-2)18(16)20(25)23-15(19(24)22-14-9-10-14)13-28-21(23)11-4-3-5-12-21/h6-8,14-15H,3-5,9-13H2,1-2H3,(H,22,24)/t15-/m0/s1. The van der Waals surface area contributed by atoms with E-state index in [4.69, 9.17) is 14.2 Å². The van der Waals surface area contributed by atoms with Crippen LogP contribution in [0.15, 0.2) is 18.2 Å². The first-order valence-electron chi connectivity index (χ1n) is 10.1. The number of ether oxygens (including phenoxy) is 3. The third-order valence-electron chi connectivity index (χ3n) is 5.98. The number of rotatable bonds is 5. The third-order valence-corrected chi connectivity index (χ3v) is 5.98. The fraction of sp³-hybridized carbons (Fsp3) is 0.619. The van der Waals surface area contributed by atoms with Gasteiger partial charge in [-0.15, -0.1) is 0 Å². The van der Waals surface area contributed by atoms with Crippen LogP contribution >= 0.6 is 0 Å². The summed E-state index contributed by atoms with van der Waals surface area (Å²) >= 11 is 0. The maximum Gasteiger partial charge on any atom is 0.264 e. The number of carbonyl (C=O) groups excluding carboxylic acids is 2. The van der Waals surface area contributed by atoms with Crippen molar-refractivity contribution in [1.82, 2.24) is 10.2 Å². The van der Waals surface area contributed by atoms with Crippen molar-refractivity contribution in [3.63, 3.8) is 0 Å². The van der Waals surface area contributed by atoms with Gasteiger partial charge < -0.3 is 19.5 Å². The van der Waals surface area contributed by atoms with Gasteiger partial charge in [0.15, 0.2) is 0 Å². The van der Waals surface area contributed by atoms with Crippen LogP contribution in [0, 0.1) is 0 Å². The number of hydrogen-bond donors (Lipinski definition) is 1. The maximum absolute atomic E-state index is 13.8. The lowest BCUT2D eigenvalue weighted by Crippen LogP contribution is -2.56. The van der Waals surface area contributed by atoms with E-state index in [0.29, 0.717) is 17.1 Å². The Kier molecular flexibility index (Phi) is 5.19. The predicted octanol–water partition coefficient (Wildman–Crippen LogP) is 2.48. The van der Waals surface area contributed by atoms with Crippen LogP contribution in [0.4, 0.5) is 0 Å². The molecule has 1 aromatic rings. The number of nitrogens with one attached hydrogen (secondary N) is 1. The molecule has 1 aliphatic heterocycles. The van der Waals surface area contributed by atoms with Crippen LogP contribution in [-0.2, 0) is 9.53 Å². The quantitative estimate of drug-likeness (QED) is 0.839. The summed E-state index contributed by atoms with van der Waals surface area (Å²) in [7, 11) is 3.05. The van der Waals surface area contributed by atoms with E-state index in [0.717, 1.165) is 44.9 Å². The van der Waals surface area contributed by atoms with E-state index in [-0.39, 0.29) is 24.5 Å². The highest BCUT2D eigenvalue weighted by molar-refractivity contribution is 6.02. The van der Waals surface area contributed by atoms with Crippen molar-refractivity contribution in [2.24, 2.45) is 0 Å². The molecule has 1 atom stereocenters. The number of benzene rings is 1. The Morgan fingerprint density at radius 2 is 1.75 bits per heavy atom. The number of methoxy groups -OCH3 is 2. The molecule has 28 heavy (non-hydrogen) atoms. The van der Waals surface area contributed by atoms with Crippen LogP contribution in [0.3, 0.4) is 0 Å². The summed E-state index contributed by atoms with van der Waals surface area (Å²) in [6.07, 6.45) is 6.54. The SMILES string of the molecule is COc1cccc(OC)c1C(=O)N1[C@H](C(=O)NC2CC2)COC12CCCCC2. The van der Waals surface area contributed by atoms with Gasteiger partial charge in [-0.25, -0.2) is 0 Å². The Bertz CT molecular complexity index is 733. The van der Waals surface area contributed by atoms with Crippen LogP contribution in [-0.4, -0.2) is 55.3 Å². The number of nitrogens with zero attached hydrogens (tertiary/aromatic N) is 1. The number of carbonyl (C=O) groups is 2. The monoisotopic (exact) mass is 388 g/mol. The van der Waals surface area contributed by atoms with Gasteiger partial charge in [0, 0.05) is 6.04 Å². The summed E-state index contributed by atoms with van der Waals surface area (Å²) in [6, 6.07) is 4.84. The van der Waals surface area contributed by atoms with Gasteiger partial charge in [-0.2, -0.15) is 0 Å². The molecule has 1 aromatic carbocycles. The average molecular weight is 388 g/mol.